The molecule has 7 nitrogen and oxygen atoms in total. The van der Waals surface area contributed by atoms with Crippen molar-refractivity contribution in [3.8, 4) is 11.3 Å². The van der Waals surface area contributed by atoms with Gasteiger partial charge in [-0.25, -0.2) is 13.4 Å². The van der Waals surface area contributed by atoms with Gasteiger partial charge in [-0.15, -0.1) is 11.3 Å². The van der Waals surface area contributed by atoms with E-state index in [1.54, 1.807) is 26.0 Å². The van der Waals surface area contributed by atoms with E-state index in [4.69, 9.17) is 9.05 Å². The zero-order valence-electron chi connectivity index (χ0n) is 17.2. The van der Waals surface area contributed by atoms with Crippen LogP contribution in [-0.2, 0) is 36.2 Å². The lowest BCUT2D eigenvalue weighted by molar-refractivity contribution is 0.219. The molecule has 1 N–H and O–H groups in total. The van der Waals surface area contributed by atoms with E-state index in [2.05, 4.69) is 15.8 Å². The molecule has 31 heavy (non-hydrogen) atoms. The predicted octanol–water partition coefficient (Wildman–Crippen LogP) is 5.28. The fourth-order valence-corrected chi connectivity index (χ4v) is 7.43. The molecule has 4 rings (SSSR count). The summed E-state index contributed by atoms with van der Waals surface area (Å²) in [7, 11) is -7.04. The summed E-state index contributed by atoms with van der Waals surface area (Å²) in [5, 5.41) is 0.348. The zero-order valence-corrected chi connectivity index (χ0v) is 19.7. The number of nitrogens with zero attached hydrogens (tertiary/aromatic N) is 1. The van der Waals surface area contributed by atoms with Gasteiger partial charge in [0.25, 0.3) is 10.0 Å². The standard InChI is InChI=1S/C21H23N2O5PS2/c1-3-27-29(24,28-4-2)14-15-9-11-17(12-10-15)31(25,26)23-21-22-20-18-8-6-5-7-16(18)13-19(20)30-21/h5-12H,3-4,13-14H2,1-2H3,(H,22,23). The van der Waals surface area contributed by atoms with Crippen molar-refractivity contribution in [3.63, 3.8) is 0 Å². The number of nitrogens with one attached hydrogen (secondary N) is 1. The van der Waals surface area contributed by atoms with Crippen molar-refractivity contribution in [3.05, 3.63) is 64.5 Å². The SMILES string of the molecule is CCOP(=O)(Cc1ccc(S(=O)(=O)Nc2nc3c(s2)Cc2ccccc2-3)cc1)OCC. The molecule has 0 radical (unpaired) electrons. The van der Waals surface area contributed by atoms with Crippen LogP contribution in [0.1, 0.15) is 29.9 Å². The van der Waals surface area contributed by atoms with Gasteiger partial charge in [0.05, 0.1) is 30.0 Å². The van der Waals surface area contributed by atoms with Crippen LogP contribution < -0.4 is 4.72 Å². The number of aromatic nitrogens is 1. The van der Waals surface area contributed by atoms with E-state index < -0.39 is 17.6 Å². The van der Waals surface area contributed by atoms with Gasteiger partial charge in [0.1, 0.15) is 0 Å². The summed E-state index contributed by atoms with van der Waals surface area (Å²) in [6.07, 6.45) is 0.848. The summed E-state index contributed by atoms with van der Waals surface area (Å²) >= 11 is 1.35. The molecule has 0 saturated heterocycles. The fourth-order valence-electron chi connectivity index (χ4n) is 3.50. The van der Waals surface area contributed by atoms with E-state index in [1.165, 1.54) is 29.0 Å². The Morgan fingerprint density at radius 2 is 1.74 bits per heavy atom. The van der Waals surface area contributed by atoms with Crippen molar-refractivity contribution in [1.82, 2.24) is 4.98 Å². The molecular formula is C21H23N2O5PS2. The molecule has 1 heterocycles. The molecule has 1 aliphatic rings. The van der Waals surface area contributed by atoms with Gasteiger partial charge in [0.2, 0.25) is 0 Å². The molecule has 0 amide bonds. The second-order valence-corrected chi connectivity index (χ2v) is 11.8. The van der Waals surface area contributed by atoms with Crippen LogP contribution in [0.5, 0.6) is 0 Å². The molecular weight excluding hydrogens is 455 g/mol. The molecule has 164 valence electrons. The molecule has 1 aromatic heterocycles. The van der Waals surface area contributed by atoms with Crippen LogP contribution in [0.4, 0.5) is 5.13 Å². The van der Waals surface area contributed by atoms with Gasteiger partial charge >= 0.3 is 7.60 Å². The van der Waals surface area contributed by atoms with Crippen molar-refractivity contribution in [1.29, 1.82) is 0 Å². The third kappa shape index (κ3) is 4.76. The monoisotopic (exact) mass is 478 g/mol. The molecule has 3 aromatic rings. The number of hydrogen-bond acceptors (Lipinski definition) is 7. The number of thiazole rings is 1. The smallest absolute Gasteiger partial charge is 0.309 e. The lowest BCUT2D eigenvalue weighted by Crippen LogP contribution is -2.12. The molecule has 0 fully saturated rings. The Morgan fingerprint density at radius 3 is 2.42 bits per heavy atom. The summed E-state index contributed by atoms with van der Waals surface area (Å²) in [6.45, 7) is 4.05. The maximum atomic E-state index is 12.8. The molecule has 0 unspecified atom stereocenters. The summed E-state index contributed by atoms with van der Waals surface area (Å²) in [5.74, 6) is 0. The first kappa shape index (κ1) is 22.2. The van der Waals surface area contributed by atoms with E-state index in [1.807, 2.05) is 18.2 Å². The quantitative estimate of drug-likeness (QED) is 0.329. The van der Waals surface area contributed by atoms with Crippen molar-refractivity contribution in [2.75, 3.05) is 17.9 Å². The maximum Gasteiger partial charge on any atom is 0.335 e. The number of hydrogen-bond donors (Lipinski definition) is 1. The number of fused-ring (bicyclic) bond motifs is 3. The van der Waals surface area contributed by atoms with Crippen molar-refractivity contribution < 1.29 is 22.0 Å². The third-order valence-electron chi connectivity index (χ3n) is 4.80. The molecule has 0 bridgehead atoms. The summed E-state index contributed by atoms with van der Waals surface area (Å²) < 4.78 is 51.5. The Bertz CT molecular complexity index is 1230. The lowest BCUT2D eigenvalue weighted by atomic mass is 10.1. The van der Waals surface area contributed by atoms with E-state index in [0.29, 0.717) is 10.7 Å². The minimum Gasteiger partial charge on any atom is -0.309 e. The average molecular weight is 479 g/mol. The Morgan fingerprint density at radius 1 is 1.06 bits per heavy atom. The molecule has 0 saturated carbocycles. The third-order valence-corrected chi connectivity index (χ3v) is 9.31. The number of sulfonamides is 1. The first-order valence-electron chi connectivity index (χ1n) is 9.91. The normalized spacial score (nSPS) is 13.1. The molecule has 0 aliphatic heterocycles. The van der Waals surface area contributed by atoms with Gasteiger partial charge in [0, 0.05) is 16.9 Å². The van der Waals surface area contributed by atoms with Crippen LogP contribution in [0.25, 0.3) is 11.3 Å². The Kier molecular flexibility index (Phi) is 6.32. The van der Waals surface area contributed by atoms with Crippen molar-refractivity contribution in [2.24, 2.45) is 0 Å². The van der Waals surface area contributed by atoms with E-state index >= 15 is 0 Å². The van der Waals surface area contributed by atoms with Gasteiger partial charge < -0.3 is 9.05 Å². The Labute approximate surface area is 186 Å². The molecule has 0 spiro atoms. The second kappa shape index (κ2) is 8.84. The number of anilines is 1. The number of benzene rings is 2. The van der Waals surface area contributed by atoms with Crippen LogP contribution in [0.2, 0.25) is 0 Å². The van der Waals surface area contributed by atoms with Crippen molar-refractivity contribution in [2.45, 2.75) is 31.3 Å². The largest absolute Gasteiger partial charge is 0.335 e. The highest BCUT2D eigenvalue weighted by atomic mass is 32.2. The highest BCUT2D eigenvalue weighted by molar-refractivity contribution is 7.93. The fraction of sp³-hybridized carbons (Fsp3) is 0.286. The van der Waals surface area contributed by atoms with Crippen molar-refractivity contribution >= 4 is 34.1 Å². The summed E-state index contributed by atoms with van der Waals surface area (Å²) in [5.41, 5.74) is 3.78. The van der Waals surface area contributed by atoms with Gasteiger partial charge in [-0.1, -0.05) is 36.4 Å². The zero-order chi connectivity index (χ0) is 22.1. The molecule has 0 atom stereocenters. The van der Waals surface area contributed by atoms with Gasteiger partial charge in [0.15, 0.2) is 5.13 Å². The molecule has 10 heteroatoms. The number of rotatable bonds is 9. The second-order valence-electron chi connectivity index (χ2n) is 6.98. The minimum absolute atomic E-state index is 0.0844. The first-order valence-corrected chi connectivity index (χ1v) is 13.9. The Hall–Kier alpha value is -2.03. The average Bonchev–Trinajstić information content (AvgIpc) is 3.25. The first-order chi connectivity index (χ1) is 14.8. The summed E-state index contributed by atoms with van der Waals surface area (Å²) in [4.78, 5) is 5.67. The van der Waals surface area contributed by atoms with Crippen LogP contribution in [0.15, 0.2) is 53.4 Å². The highest BCUT2D eigenvalue weighted by Crippen LogP contribution is 2.51. The van der Waals surface area contributed by atoms with E-state index in [0.717, 1.165) is 22.6 Å². The van der Waals surface area contributed by atoms with E-state index in [9.17, 15) is 13.0 Å². The van der Waals surface area contributed by atoms with Gasteiger partial charge in [-0.2, -0.15) is 0 Å². The molecule has 1 aliphatic carbocycles. The maximum absolute atomic E-state index is 12.8. The van der Waals surface area contributed by atoms with Gasteiger partial charge in [-0.3, -0.25) is 9.29 Å². The Balaban J connectivity index is 1.50. The van der Waals surface area contributed by atoms with E-state index in [-0.39, 0.29) is 24.3 Å². The highest BCUT2D eigenvalue weighted by Gasteiger charge is 2.26. The van der Waals surface area contributed by atoms with Crippen LogP contribution in [0.3, 0.4) is 0 Å². The topological polar surface area (TPSA) is 94.6 Å². The van der Waals surface area contributed by atoms with Gasteiger partial charge in [-0.05, 0) is 37.1 Å². The summed E-state index contributed by atoms with van der Waals surface area (Å²) in [6, 6.07) is 14.2. The van der Waals surface area contributed by atoms with Crippen LogP contribution >= 0.6 is 18.9 Å². The lowest BCUT2D eigenvalue weighted by Gasteiger charge is -2.17. The van der Waals surface area contributed by atoms with Crippen LogP contribution in [0, 0.1) is 0 Å². The predicted molar refractivity (Wildman–Crippen MR) is 122 cm³/mol. The minimum atomic E-state index is -3.79. The molecule has 2 aromatic carbocycles. The van der Waals surface area contributed by atoms with Crippen LogP contribution in [-0.4, -0.2) is 26.6 Å².